The molecule has 2 aromatic rings. The Hall–Kier alpha value is -3.44. The van der Waals surface area contributed by atoms with Gasteiger partial charge in [0, 0.05) is 23.8 Å². The van der Waals surface area contributed by atoms with E-state index in [0.29, 0.717) is 20.4 Å². The molecule has 2 atom stereocenters. The van der Waals surface area contributed by atoms with E-state index < -0.39 is 51.7 Å². The summed E-state index contributed by atoms with van der Waals surface area (Å²) in [5.41, 5.74) is -0.935. The fourth-order valence-corrected chi connectivity index (χ4v) is 6.29. The zero-order valence-corrected chi connectivity index (χ0v) is 24.8. The highest BCUT2D eigenvalue weighted by atomic mass is 35.5. The van der Waals surface area contributed by atoms with E-state index in [2.05, 4.69) is 25.9 Å². The molecular formula is C24H30ClF3N6O7S. The number of amides is 2. The van der Waals surface area contributed by atoms with E-state index in [0.717, 1.165) is 4.31 Å². The second-order valence-corrected chi connectivity index (χ2v) is 13.1. The van der Waals surface area contributed by atoms with Crippen molar-refractivity contribution < 1.29 is 45.5 Å². The Labute approximate surface area is 244 Å². The third-order valence-electron chi connectivity index (χ3n) is 6.81. The summed E-state index contributed by atoms with van der Waals surface area (Å²) in [6, 6.07) is 3.94. The van der Waals surface area contributed by atoms with Gasteiger partial charge in [0.2, 0.25) is 5.60 Å². The van der Waals surface area contributed by atoms with Crippen molar-refractivity contribution in [3.8, 4) is 5.75 Å². The predicted molar refractivity (Wildman–Crippen MR) is 143 cm³/mol. The number of rotatable bonds is 8. The van der Waals surface area contributed by atoms with Gasteiger partial charge in [-0.1, -0.05) is 25.4 Å². The van der Waals surface area contributed by atoms with Crippen LogP contribution in [-0.2, 0) is 26.1 Å². The largest absolute Gasteiger partial charge is 0.486 e. The fourth-order valence-electron chi connectivity index (χ4n) is 4.34. The quantitative estimate of drug-likeness (QED) is 0.382. The molecule has 13 nitrogen and oxygen atoms in total. The van der Waals surface area contributed by atoms with Gasteiger partial charge in [-0.15, -0.1) is 5.48 Å². The maximum atomic E-state index is 13.9. The first-order valence-corrected chi connectivity index (χ1v) is 14.5. The Balaban J connectivity index is 1.68. The molecule has 18 heteroatoms. The molecule has 0 saturated carbocycles. The number of ether oxygens (including phenoxy) is 2. The summed E-state index contributed by atoms with van der Waals surface area (Å²) in [7, 11) is -4.37. The number of carbonyl (C=O) groups excluding carboxylic acids is 2. The highest BCUT2D eigenvalue weighted by Gasteiger charge is 2.51. The normalized spacial score (nSPS) is 19.5. The van der Waals surface area contributed by atoms with E-state index in [-0.39, 0.29) is 40.1 Å². The third-order valence-corrected chi connectivity index (χ3v) is 8.98. The minimum absolute atomic E-state index is 0.00659. The molecule has 2 amide bonds. The van der Waals surface area contributed by atoms with E-state index in [4.69, 9.17) is 21.2 Å². The van der Waals surface area contributed by atoms with Crippen LogP contribution < -0.4 is 25.2 Å². The number of benzene rings is 1. The SMILES string of the molecule is CCn1cc(S(=O)(=O)N2C[C@H](CC(C)(C)C3NOC(=O)N3)Oc3ccc(NC(=O)OC(C)(C)C(F)(F)F)cc32)c(Cl)n1. The van der Waals surface area contributed by atoms with Crippen LogP contribution in [0.2, 0.25) is 5.15 Å². The molecule has 0 bridgehead atoms. The number of alkyl halides is 3. The van der Waals surface area contributed by atoms with Crippen LogP contribution in [0.5, 0.6) is 5.75 Å². The average Bonchev–Trinajstić information content (AvgIpc) is 3.48. The zero-order chi connectivity index (χ0) is 31.3. The number of aryl methyl sites for hydroxylation is 1. The Kier molecular flexibility index (Phi) is 8.25. The van der Waals surface area contributed by atoms with Crippen molar-refractivity contribution >= 4 is 45.2 Å². The Morgan fingerprint density at radius 3 is 2.52 bits per heavy atom. The van der Waals surface area contributed by atoms with Crippen LogP contribution in [0, 0.1) is 5.41 Å². The summed E-state index contributed by atoms with van der Waals surface area (Å²) in [5, 5.41) is 8.58. The molecular weight excluding hydrogens is 609 g/mol. The molecule has 3 N–H and O–H groups in total. The summed E-state index contributed by atoms with van der Waals surface area (Å²) in [6.07, 6.45) is -6.71. The number of aromatic nitrogens is 2. The predicted octanol–water partition coefficient (Wildman–Crippen LogP) is 4.39. The lowest BCUT2D eigenvalue weighted by Gasteiger charge is -2.39. The Morgan fingerprint density at radius 2 is 1.95 bits per heavy atom. The number of anilines is 2. The molecule has 232 valence electrons. The van der Waals surface area contributed by atoms with E-state index >= 15 is 0 Å². The first-order chi connectivity index (χ1) is 19.3. The molecule has 2 aliphatic heterocycles. The lowest BCUT2D eigenvalue weighted by molar-refractivity contribution is -0.242. The standard InChI is InChI=1S/C24H30ClF3N6O7S/c1-6-33-12-17(18(25)31-33)42(37,38)34-11-14(10-22(2,3)19-30-21(36)41-32-19)39-16-8-7-13(9-15(16)34)29-20(35)40-23(4,5)24(26,27)28/h7-9,12,14,19,32H,6,10-11H2,1-5H3,(H,29,35)(H,30,36)/t14-,19?/m0/s1. The number of nitrogens with one attached hydrogen (secondary N) is 3. The summed E-state index contributed by atoms with van der Waals surface area (Å²) < 4.78 is 80.5. The molecule has 1 aromatic carbocycles. The number of sulfonamides is 1. The van der Waals surface area contributed by atoms with Crippen LogP contribution in [0.15, 0.2) is 29.3 Å². The monoisotopic (exact) mass is 638 g/mol. The van der Waals surface area contributed by atoms with Crippen LogP contribution in [0.25, 0.3) is 0 Å². The van der Waals surface area contributed by atoms with Crippen LogP contribution in [0.1, 0.15) is 41.0 Å². The Morgan fingerprint density at radius 1 is 1.26 bits per heavy atom. The number of hydrogen-bond acceptors (Lipinski definition) is 9. The number of hydrogen-bond donors (Lipinski definition) is 3. The number of nitrogens with zero attached hydrogens (tertiary/aromatic N) is 3. The molecule has 0 radical (unpaired) electrons. The van der Waals surface area contributed by atoms with Gasteiger partial charge in [0.1, 0.15) is 22.9 Å². The van der Waals surface area contributed by atoms with Crippen LogP contribution >= 0.6 is 11.6 Å². The molecule has 0 spiro atoms. The van der Waals surface area contributed by atoms with Gasteiger partial charge in [-0.2, -0.15) is 18.3 Å². The van der Waals surface area contributed by atoms with E-state index in [1.54, 1.807) is 6.92 Å². The van der Waals surface area contributed by atoms with Crippen LogP contribution in [0.3, 0.4) is 0 Å². The average molecular weight is 639 g/mol. The van der Waals surface area contributed by atoms with Crippen molar-refractivity contribution in [1.82, 2.24) is 20.6 Å². The number of fused-ring (bicyclic) bond motifs is 1. The van der Waals surface area contributed by atoms with Gasteiger partial charge >= 0.3 is 18.4 Å². The number of carbonyl (C=O) groups is 2. The van der Waals surface area contributed by atoms with Gasteiger partial charge in [-0.25, -0.2) is 18.0 Å². The third kappa shape index (κ3) is 6.32. The van der Waals surface area contributed by atoms with Gasteiger partial charge in [-0.05, 0) is 45.4 Å². The topological polar surface area (TPSA) is 153 Å². The first-order valence-electron chi connectivity index (χ1n) is 12.7. The summed E-state index contributed by atoms with van der Waals surface area (Å²) in [4.78, 5) is 28.4. The molecule has 42 heavy (non-hydrogen) atoms. The van der Waals surface area contributed by atoms with Crippen molar-refractivity contribution in [2.45, 2.75) is 76.5 Å². The Bertz CT molecular complexity index is 1480. The minimum Gasteiger partial charge on any atom is -0.486 e. The van der Waals surface area contributed by atoms with E-state index in [1.165, 1.54) is 29.1 Å². The van der Waals surface area contributed by atoms with Crippen molar-refractivity contribution in [3.05, 3.63) is 29.5 Å². The number of halogens is 4. The van der Waals surface area contributed by atoms with Gasteiger partial charge < -0.3 is 19.6 Å². The van der Waals surface area contributed by atoms with Gasteiger partial charge in [0.25, 0.3) is 10.0 Å². The number of hydroxylamine groups is 1. The van der Waals surface area contributed by atoms with Crippen molar-refractivity contribution in [3.63, 3.8) is 0 Å². The maximum Gasteiger partial charge on any atom is 0.427 e. The van der Waals surface area contributed by atoms with Crippen molar-refractivity contribution in [1.29, 1.82) is 0 Å². The molecule has 0 aliphatic carbocycles. The molecule has 1 saturated heterocycles. The van der Waals surface area contributed by atoms with Gasteiger partial charge in [-0.3, -0.25) is 14.3 Å². The van der Waals surface area contributed by atoms with Crippen LogP contribution in [0.4, 0.5) is 34.1 Å². The van der Waals surface area contributed by atoms with E-state index in [9.17, 15) is 31.2 Å². The smallest absolute Gasteiger partial charge is 0.427 e. The lowest BCUT2D eigenvalue weighted by Crippen LogP contribution is -2.50. The summed E-state index contributed by atoms with van der Waals surface area (Å²) in [6.45, 7) is 6.91. The second kappa shape index (κ2) is 11.0. The van der Waals surface area contributed by atoms with E-state index in [1.807, 2.05) is 13.8 Å². The lowest BCUT2D eigenvalue weighted by atomic mass is 9.83. The zero-order valence-electron chi connectivity index (χ0n) is 23.2. The minimum atomic E-state index is -4.83. The fraction of sp³-hybridized carbons (Fsp3) is 0.542. The summed E-state index contributed by atoms with van der Waals surface area (Å²) >= 11 is 6.20. The van der Waals surface area contributed by atoms with Crippen molar-refractivity contribution in [2.24, 2.45) is 5.41 Å². The molecule has 1 aromatic heterocycles. The van der Waals surface area contributed by atoms with Gasteiger partial charge in [0.15, 0.2) is 5.15 Å². The molecule has 1 unspecified atom stereocenters. The second-order valence-electron chi connectivity index (χ2n) is 10.9. The first kappa shape index (κ1) is 31.5. The van der Waals surface area contributed by atoms with Crippen molar-refractivity contribution in [2.75, 3.05) is 16.2 Å². The summed E-state index contributed by atoms with van der Waals surface area (Å²) in [5.74, 6) is 0.110. The highest BCUT2D eigenvalue weighted by molar-refractivity contribution is 7.93. The molecule has 2 aliphatic rings. The maximum absolute atomic E-state index is 13.9. The van der Waals surface area contributed by atoms with Gasteiger partial charge in [0.05, 0.1) is 12.2 Å². The molecule has 4 rings (SSSR count). The highest BCUT2D eigenvalue weighted by Crippen LogP contribution is 2.42. The molecule has 3 heterocycles. The molecule has 1 fully saturated rings. The van der Waals surface area contributed by atoms with Crippen LogP contribution in [-0.4, -0.2) is 61.0 Å².